The maximum atomic E-state index is 10.5. The normalized spacial score (nSPS) is 16.3. The minimum Gasteiger partial charge on any atom is -0.504 e. The lowest BCUT2D eigenvalue weighted by Gasteiger charge is -2.35. The van der Waals surface area contributed by atoms with Gasteiger partial charge in [-0.05, 0) is 62.2 Å². The van der Waals surface area contributed by atoms with E-state index in [1.165, 1.54) is 7.11 Å². The zero-order valence-corrected chi connectivity index (χ0v) is 19.0. The van der Waals surface area contributed by atoms with E-state index < -0.39 is 0 Å². The number of anilines is 1. The fourth-order valence-electron chi connectivity index (χ4n) is 4.81. The highest BCUT2D eigenvalue weighted by Gasteiger charge is 2.33. The van der Waals surface area contributed by atoms with Crippen LogP contribution in [-0.2, 0) is 0 Å². The summed E-state index contributed by atoms with van der Waals surface area (Å²) in [5, 5.41) is 23.7. The number of phenolic OH excluding ortho intramolecular Hbond substituents is 1. The van der Waals surface area contributed by atoms with Gasteiger partial charge in [0, 0.05) is 22.4 Å². The molecule has 5 heteroatoms. The fraction of sp³-hybridized carbons (Fsp3) is 0.179. The molecule has 3 aromatic rings. The molecule has 0 radical (unpaired) electrons. The maximum Gasteiger partial charge on any atom is 0.172 e. The maximum absolute atomic E-state index is 10.5. The van der Waals surface area contributed by atoms with Gasteiger partial charge in [-0.15, -0.1) is 0 Å². The Morgan fingerprint density at radius 3 is 2.61 bits per heavy atom. The van der Waals surface area contributed by atoms with E-state index in [9.17, 15) is 10.4 Å². The van der Waals surface area contributed by atoms with Crippen molar-refractivity contribution in [2.75, 3.05) is 12.4 Å². The number of nitrogens with one attached hydrogen (secondary N) is 1. The predicted octanol–water partition coefficient (Wildman–Crippen LogP) is 6.44. The van der Waals surface area contributed by atoms with Crippen LogP contribution >= 0.6 is 0 Å². The summed E-state index contributed by atoms with van der Waals surface area (Å²) in [5.74, 6) is 1.65. The molecule has 0 amide bonds. The average molecular weight is 437 g/mol. The Labute approximate surface area is 193 Å². The highest BCUT2D eigenvalue weighted by atomic mass is 16.5. The number of rotatable bonds is 2. The highest BCUT2D eigenvalue weighted by Crippen LogP contribution is 2.54. The summed E-state index contributed by atoms with van der Waals surface area (Å²) in [6.07, 6.45) is 4.11. The Bertz CT molecular complexity index is 1410. The molecule has 5 rings (SSSR count). The molecule has 0 saturated heterocycles. The zero-order chi connectivity index (χ0) is 23.3. The van der Waals surface area contributed by atoms with Crippen LogP contribution in [-0.4, -0.2) is 17.8 Å². The van der Waals surface area contributed by atoms with Crippen LogP contribution in [0.1, 0.15) is 43.0 Å². The largest absolute Gasteiger partial charge is 0.504 e. The van der Waals surface area contributed by atoms with Gasteiger partial charge in [0.2, 0.25) is 0 Å². The van der Waals surface area contributed by atoms with Crippen LogP contribution < -0.4 is 14.8 Å². The highest BCUT2D eigenvalue weighted by molar-refractivity contribution is 6.02. The molecule has 5 nitrogen and oxygen atoms in total. The Hall–Kier alpha value is -4.17. The van der Waals surface area contributed by atoms with Gasteiger partial charge in [0.25, 0.3) is 0 Å². The first-order chi connectivity index (χ1) is 15.8. The topological polar surface area (TPSA) is 74.5 Å². The number of fused-ring (bicyclic) bond motifs is 5. The lowest BCUT2D eigenvalue weighted by atomic mass is 9.82. The molecule has 3 aromatic carbocycles. The van der Waals surface area contributed by atoms with Crippen molar-refractivity contribution in [3.63, 3.8) is 0 Å². The number of nitriles is 1. The molecular formula is C28H24N2O3. The first-order valence-electron chi connectivity index (χ1n) is 10.8. The number of phenols is 1. The lowest BCUT2D eigenvalue weighted by molar-refractivity contribution is 0.371. The molecule has 2 aliphatic heterocycles. The molecule has 0 spiro atoms. The molecule has 0 aliphatic carbocycles. The summed E-state index contributed by atoms with van der Waals surface area (Å²) in [6.45, 7) is 6.36. The van der Waals surface area contributed by atoms with Crippen molar-refractivity contribution >= 4 is 23.1 Å². The molecule has 0 bridgehead atoms. The van der Waals surface area contributed by atoms with Crippen LogP contribution in [0.5, 0.6) is 17.2 Å². The first kappa shape index (κ1) is 20.7. The SMILES string of the molecule is COc1c(O)ccc2c1-c1ccc3c(c1C(=Cc1ccccc1C#N)O2)C(C)=CC(C)(C)N3. The van der Waals surface area contributed by atoms with Crippen molar-refractivity contribution in [2.45, 2.75) is 26.3 Å². The third-order valence-corrected chi connectivity index (χ3v) is 6.04. The van der Waals surface area contributed by atoms with Gasteiger partial charge in [-0.2, -0.15) is 5.26 Å². The summed E-state index contributed by atoms with van der Waals surface area (Å²) in [4.78, 5) is 0. The number of nitrogens with zero attached hydrogens (tertiary/aromatic N) is 1. The van der Waals surface area contributed by atoms with Crippen molar-refractivity contribution in [1.29, 1.82) is 5.26 Å². The van der Waals surface area contributed by atoms with Gasteiger partial charge in [-0.1, -0.05) is 30.3 Å². The van der Waals surface area contributed by atoms with Crippen molar-refractivity contribution in [1.82, 2.24) is 0 Å². The van der Waals surface area contributed by atoms with E-state index in [2.05, 4.69) is 44.3 Å². The molecule has 164 valence electrons. The van der Waals surface area contributed by atoms with Crippen molar-refractivity contribution in [3.05, 3.63) is 76.9 Å². The van der Waals surface area contributed by atoms with E-state index in [4.69, 9.17) is 9.47 Å². The second-order valence-corrected chi connectivity index (χ2v) is 8.89. The van der Waals surface area contributed by atoms with Crippen molar-refractivity contribution in [2.24, 2.45) is 0 Å². The molecule has 2 heterocycles. The second-order valence-electron chi connectivity index (χ2n) is 8.89. The number of benzene rings is 3. The summed E-state index contributed by atoms with van der Waals surface area (Å²) >= 11 is 0. The van der Waals surface area contributed by atoms with Crippen molar-refractivity contribution < 1.29 is 14.6 Å². The molecule has 0 fully saturated rings. The number of aromatic hydroxyl groups is 1. The second kappa shape index (κ2) is 7.46. The molecule has 0 saturated carbocycles. The van der Waals surface area contributed by atoms with E-state index in [1.54, 1.807) is 18.2 Å². The molecule has 0 unspecified atom stereocenters. The standard InChI is InChI=1S/C28H24N2O3/c1-16-14-28(2,3)30-20-10-9-19-25(24(16)20)23(13-17-7-5-6-8-18(17)15-29)33-22-12-11-21(31)27(32-4)26(19)22/h5-14,30-31H,1-4H3. The van der Waals surface area contributed by atoms with Crippen LogP contribution in [0.2, 0.25) is 0 Å². The quantitative estimate of drug-likeness (QED) is 0.484. The summed E-state index contributed by atoms with van der Waals surface area (Å²) < 4.78 is 12.0. The predicted molar refractivity (Wildman–Crippen MR) is 131 cm³/mol. The average Bonchev–Trinajstić information content (AvgIpc) is 2.78. The van der Waals surface area contributed by atoms with E-state index in [1.807, 2.05) is 30.3 Å². The Balaban J connectivity index is 1.86. The summed E-state index contributed by atoms with van der Waals surface area (Å²) in [5.41, 5.74) is 6.82. The number of allylic oxidation sites excluding steroid dienone is 1. The fourth-order valence-corrected chi connectivity index (χ4v) is 4.81. The molecular weight excluding hydrogens is 412 g/mol. The van der Waals surface area contributed by atoms with Gasteiger partial charge in [-0.25, -0.2) is 0 Å². The lowest BCUT2D eigenvalue weighted by Crippen LogP contribution is -2.32. The van der Waals surface area contributed by atoms with Crippen LogP contribution in [0.3, 0.4) is 0 Å². The molecule has 33 heavy (non-hydrogen) atoms. The summed E-state index contributed by atoms with van der Waals surface area (Å²) in [6, 6.07) is 17.1. The third kappa shape index (κ3) is 3.32. The van der Waals surface area contributed by atoms with E-state index >= 15 is 0 Å². The van der Waals surface area contributed by atoms with E-state index in [-0.39, 0.29) is 11.3 Å². The number of methoxy groups -OCH3 is 1. The van der Waals surface area contributed by atoms with Gasteiger partial charge in [0.15, 0.2) is 11.5 Å². The monoisotopic (exact) mass is 436 g/mol. The number of ether oxygens (including phenoxy) is 2. The van der Waals surface area contributed by atoms with E-state index in [0.717, 1.165) is 33.5 Å². The molecule has 0 aromatic heterocycles. The van der Waals surface area contributed by atoms with Crippen LogP contribution in [0.15, 0.2) is 54.6 Å². The van der Waals surface area contributed by atoms with Gasteiger partial charge in [0.05, 0.1) is 29.8 Å². The first-order valence-corrected chi connectivity index (χ1v) is 10.8. The van der Waals surface area contributed by atoms with Crippen molar-refractivity contribution in [3.8, 4) is 34.4 Å². The Morgan fingerprint density at radius 1 is 1.06 bits per heavy atom. The zero-order valence-electron chi connectivity index (χ0n) is 19.0. The van der Waals surface area contributed by atoms with E-state index in [0.29, 0.717) is 28.4 Å². The van der Waals surface area contributed by atoms with Crippen LogP contribution in [0.25, 0.3) is 28.5 Å². The van der Waals surface area contributed by atoms with Crippen LogP contribution in [0.4, 0.5) is 5.69 Å². The Kier molecular flexibility index (Phi) is 4.68. The Morgan fingerprint density at radius 2 is 1.85 bits per heavy atom. The minimum absolute atomic E-state index is 0.0531. The molecule has 0 atom stereocenters. The number of hydrogen-bond donors (Lipinski definition) is 2. The number of hydrogen-bond acceptors (Lipinski definition) is 5. The molecule has 2 aliphatic rings. The van der Waals surface area contributed by atoms with Gasteiger partial charge >= 0.3 is 0 Å². The van der Waals surface area contributed by atoms with Gasteiger partial charge in [0.1, 0.15) is 11.5 Å². The van der Waals surface area contributed by atoms with Gasteiger partial charge in [-0.3, -0.25) is 0 Å². The minimum atomic E-state index is -0.188. The smallest absolute Gasteiger partial charge is 0.172 e. The molecule has 2 N–H and O–H groups in total. The van der Waals surface area contributed by atoms with Gasteiger partial charge < -0.3 is 19.9 Å². The third-order valence-electron chi connectivity index (χ3n) is 6.04. The summed E-state index contributed by atoms with van der Waals surface area (Å²) in [7, 11) is 1.54. The van der Waals surface area contributed by atoms with Crippen LogP contribution in [0, 0.1) is 11.3 Å².